The molecular formula is C20H18F2N4O2. The molecule has 0 bridgehead atoms. The maximum Gasteiger partial charge on any atom is 0.271 e. The molecule has 28 heavy (non-hydrogen) atoms. The standard InChI is InChI=1S/C20H18F2N4O2/c1-28-14-5-2-4-13(12-14)10-11-23-20(27)17-8-9-18(26-25-17)24-19-15(21)6-3-7-16(19)22/h2-9,12H,10-11H2,1H3,(H,23,27)(H,24,26). The monoisotopic (exact) mass is 384 g/mol. The van der Waals surface area contributed by atoms with Crippen LogP contribution in [0.2, 0.25) is 0 Å². The highest BCUT2D eigenvalue weighted by atomic mass is 19.1. The van der Waals surface area contributed by atoms with Crippen molar-refractivity contribution in [2.24, 2.45) is 0 Å². The van der Waals surface area contributed by atoms with Crippen molar-refractivity contribution in [3.63, 3.8) is 0 Å². The summed E-state index contributed by atoms with van der Waals surface area (Å²) in [5.74, 6) is -1.01. The third-order valence-electron chi connectivity index (χ3n) is 3.95. The summed E-state index contributed by atoms with van der Waals surface area (Å²) >= 11 is 0. The molecule has 1 amide bonds. The van der Waals surface area contributed by atoms with Gasteiger partial charge in [-0.05, 0) is 48.4 Å². The Morgan fingerprint density at radius 1 is 1.04 bits per heavy atom. The molecule has 0 aliphatic heterocycles. The Balaban J connectivity index is 1.56. The molecular weight excluding hydrogens is 366 g/mol. The SMILES string of the molecule is COc1cccc(CCNC(=O)c2ccc(Nc3c(F)cccc3F)nn2)c1. The van der Waals surface area contributed by atoms with Gasteiger partial charge in [-0.2, -0.15) is 0 Å². The lowest BCUT2D eigenvalue weighted by Crippen LogP contribution is -2.26. The molecule has 0 aliphatic rings. The van der Waals surface area contributed by atoms with Crippen molar-refractivity contribution >= 4 is 17.4 Å². The number of anilines is 2. The van der Waals surface area contributed by atoms with Crippen molar-refractivity contribution in [1.29, 1.82) is 0 Å². The van der Waals surface area contributed by atoms with E-state index in [0.717, 1.165) is 23.4 Å². The molecule has 6 nitrogen and oxygen atoms in total. The number of rotatable bonds is 7. The first-order chi connectivity index (χ1) is 13.6. The van der Waals surface area contributed by atoms with E-state index in [9.17, 15) is 13.6 Å². The van der Waals surface area contributed by atoms with E-state index in [1.807, 2.05) is 24.3 Å². The molecule has 3 aromatic rings. The minimum Gasteiger partial charge on any atom is -0.497 e. The summed E-state index contributed by atoms with van der Waals surface area (Å²) in [5, 5.41) is 12.9. The number of methoxy groups -OCH3 is 1. The second kappa shape index (κ2) is 8.90. The van der Waals surface area contributed by atoms with Gasteiger partial charge in [-0.25, -0.2) is 8.78 Å². The first-order valence-corrected chi connectivity index (χ1v) is 8.52. The molecule has 1 aromatic heterocycles. The first-order valence-electron chi connectivity index (χ1n) is 8.52. The zero-order valence-electron chi connectivity index (χ0n) is 15.1. The molecule has 144 valence electrons. The average Bonchev–Trinajstić information content (AvgIpc) is 2.71. The largest absolute Gasteiger partial charge is 0.497 e. The zero-order valence-corrected chi connectivity index (χ0v) is 15.1. The zero-order chi connectivity index (χ0) is 19.9. The van der Waals surface area contributed by atoms with Crippen molar-refractivity contribution in [1.82, 2.24) is 15.5 Å². The Labute approximate surface area is 160 Å². The van der Waals surface area contributed by atoms with Gasteiger partial charge in [0.2, 0.25) is 0 Å². The highest BCUT2D eigenvalue weighted by Crippen LogP contribution is 2.21. The number of carbonyl (C=O) groups is 1. The van der Waals surface area contributed by atoms with E-state index >= 15 is 0 Å². The van der Waals surface area contributed by atoms with E-state index in [1.165, 1.54) is 18.2 Å². The van der Waals surface area contributed by atoms with Gasteiger partial charge in [0.05, 0.1) is 7.11 Å². The van der Waals surface area contributed by atoms with Gasteiger partial charge in [0.25, 0.3) is 5.91 Å². The highest BCUT2D eigenvalue weighted by Gasteiger charge is 2.11. The number of aromatic nitrogens is 2. The second-order valence-electron chi connectivity index (χ2n) is 5.88. The van der Waals surface area contributed by atoms with Crippen LogP contribution in [-0.2, 0) is 6.42 Å². The van der Waals surface area contributed by atoms with Crippen LogP contribution < -0.4 is 15.4 Å². The lowest BCUT2D eigenvalue weighted by atomic mass is 10.1. The molecule has 0 unspecified atom stereocenters. The molecule has 0 aliphatic carbocycles. The van der Waals surface area contributed by atoms with E-state index in [0.29, 0.717) is 13.0 Å². The predicted octanol–water partition coefficient (Wildman–Crippen LogP) is 3.48. The summed E-state index contributed by atoms with van der Waals surface area (Å²) in [4.78, 5) is 12.2. The predicted molar refractivity (Wildman–Crippen MR) is 101 cm³/mol. The van der Waals surface area contributed by atoms with Crippen LogP contribution in [0.25, 0.3) is 0 Å². The normalized spacial score (nSPS) is 10.4. The summed E-state index contributed by atoms with van der Waals surface area (Å²) in [7, 11) is 1.60. The van der Waals surface area contributed by atoms with Crippen LogP contribution in [0.4, 0.5) is 20.3 Å². The van der Waals surface area contributed by atoms with E-state index in [4.69, 9.17) is 4.74 Å². The Hall–Kier alpha value is -3.55. The number of nitrogens with zero attached hydrogens (tertiary/aromatic N) is 2. The van der Waals surface area contributed by atoms with Gasteiger partial charge in [0, 0.05) is 6.54 Å². The fourth-order valence-corrected chi connectivity index (χ4v) is 2.50. The van der Waals surface area contributed by atoms with Crippen LogP contribution in [0.3, 0.4) is 0 Å². The van der Waals surface area contributed by atoms with Gasteiger partial charge in [-0.15, -0.1) is 10.2 Å². The summed E-state index contributed by atoms with van der Waals surface area (Å²) in [6.45, 7) is 0.411. The van der Waals surface area contributed by atoms with Gasteiger partial charge in [0.15, 0.2) is 11.5 Å². The quantitative estimate of drug-likeness (QED) is 0.652. The number of hydrogen-bond donors (Lipinski definition) is 2. The Morgan fingerprint density at radius 3 is 2.46 bits per heavy atom. The summed E-state index contributed by atoms with van der Waals surface area (Å²) in [5.41, 5.74) is 0.801. The lowest BCUT2D eigenvalue weighted by molar-refractivity contribution is 0.0948. The first kappa shape index (κ1) is 19.2. The molecule has 0 saturated heterocycles. The number of nitrogens with one attached hydrogen (secondary N) is 2. The minimum absolute atomic E-state index is 0.102. The Bertz CT molecular complexity index is 944. The lowest BCUT2D eigenvalue weighted by Gasteiger charge is -2.08. The number of ether oxygens (including phenoxy) is 1. The van der Waals surface area contributed by atoms with Crippen molar-refractivity contribution in [3.8, 4) is 5.75 Å². The topological polar surface area (TPSA) is 76.1 Å². The van der Waals surface area contributed by atoms with Crippen molar-refractivity contribution < 1.29 is 18.3 Å². The Morgan fingerprint density at radius 2 is 1.79 bits per heavy atom. The smallest absolute Gasteiger partial charge is 0.271 e. The van der Waals surface area contributed by atoms with Crippen LogP contribution in [-0.4, -0.2) is 29.8 Å². The molecule has 0 fully saturated rings. The summed E-state index contributed by atoms with van der Waals surface area (Å²) in [6.07, 6.45) is 0.628. The molecule has 8 heteroatoms. The number of halogens is 2. The minimum atomic E-state index is -0.749. The molecule has 2 N–H and O–H groups in total. The van der Waals surface area contributed by atoms with Gasteiger partial charge < -0.3 is 15.4 Å². The fourth-order valence-electron chi connectivity index (χ4n) is 2.50. The van der Waals surface area contributed by atoms with Crippen LogP contribution in [0.15, 0.2) is 54.6 Å². The summed E-state index contributed by atoms with van der Waals surface area (Å²) in [6, 6.07) is 13.9. The fraction of sp³-hybridized carbons (Fsp3) is 0.150. The van der Waals surface area contributed by atoms with E-state index in [2.05, 4.69) is 20.8 Å². The van der Waals surface area contributed by atoms with Crippen LogP contribution >= 0.6 is 0 Å². The maximum atomic E-state index is 13.6. The molecule has 0 spiro atoms. The van der Waals surface area contributed by atoms with E-state index in [-0.39, 0.29) is 23.1 Å². The number of benzene rings is 2. The van der Waals surface area contributed by atoms with Gasteiger partial charge >= 0.3 is 0 Å². The Kier molecular flexibility index (Phi) is 6.11. The molecule has 0 saturated carbocycles. The average molecular weight is 384 g/mol. The highest BCUT2D eigenvalue weighted by molar-refractivity contribution is 5.92. The number of hydrogen-bond acceptors (Lipinski definition) is 5. The van der Waals surface area contributed by atoms with E-state index in [1.54, 1.807) is 7.11 Å². The third kappa shape index (κ3) is 4.79. The number of amides is 1. The molecule has 0 atom stereocenters. The van der Waals surface area contributed by atoms with Crippen LogP contribution in [0.5, 0.6) is 5.75 Å². The van der Waals surface area contributed by atoms with Crippen molar-refractivity contribution in [2.75, 3.05) is 19.0 Å². The van der Waals surface area contributed by atoms with Crippen LogP contribution in [0.1, 0.15) is 16.1 Å². The van der Waals surface area contributed by atoms with Crippen molar-refractivity contribution in [2.45, 2.75) is 6.42 Å². The molecule has 3 rings (SSSR count). The summed E-state index contributed by atoms with van der Waals surface area (Å²) < 4.78 is 32.5. The van der Waals surface area contributed by atoms with Gasteiger partial charge in [-0.1, -0.05) is 18.2 Å². The molecule has 1 heterocycles. The number of para-hydroxylation sites is 1. The van der Waals surface area contributed by atoms with Crippen LogP contribution in [0, 0.1) is 11.6 Å². The van der Waals surface area contributed by atoms with Crippen molar-refractivity contribution in [3.05, 3.63) is 77.5 Å². The van der Waals surface area contributed by atoms with Gasteiger partial charge in [-0.3, -0.25) is 4.79 Å². The third-order valence-corrected chi connectivity index (χ3v) is 3.95. The van der Waals surface area contributed by atoms with E-state index < -0.39 is 11.6 Å². The number of carbonyl (C=O) groups excluding carboxylic acids is 1. The second-order valence-corrected chi connectivity index (χ2v) is 5.88. The van der Waals surface area contributed by atoms with Gasteiger partial charge in [0.1, 0.15) is 23.1 Å². The maximum absolute atomic E-state index is 13.6. The molecule has 2 aromatic carbocycles. The molecule has 0 radical (unpaired) electrons.